The van der Waals surface area contributed by atoms with Crippen LogP contribution in [0.5, 0.6) is 0 Å². The summed E-state index contributed by atoms with van der Waals surface area (Å²) in [4.78, 5) is 45.8. The highest BCUT2D eigenvalue weighted by Crippen LogP contribution is 2.00. The Morgan fingerprint density at radius 3 is 2.12 bits per heavy atom. The number of aliphatic hydroxyl groups is 2. The minimum atomic E-state index is -1.29. The van der Waals surface area contributed by atoms with E-state index >= 15 is 0 Å². The molecule has 1 radical (unpaired) electrons. The molecule has 137 valence electrons. The second-order valence-corrected chi connectivity index (χ2v) is 5.63. The van der Waals surface area contributed by atoms with Crippen LogP contribution in [0.15, 0.2) is 0 Å². The molecule has 0 aliphatic rings. The van der Waals surface area contributed by atoms with Gasteiger partial charge in [0, 0.05) is 0 Å². The third-order valence-corrected chi connectivity index (χ3v) is 3.17. The molecule has 10 heteroatoms. The molecule has 0 bridgehead atoms. The highest BCUT2D eigenvalue weighted by atomic mass is 16.3. The van der Waals surface area contributed by atoms with Crippen molar-refractivity contribution in [1.82, 2.24) is 16.0 Å². The molecule has 0 aliphatic carbocycles. The van der Waals surface area contributed by atoms with Gasteiger partial charge in [0.05, 0.1) is 25.3 Å². The molecule has 24 heavy (non-hydrogen) atoms. The molecule has 0 aromatic heterocycles. The van der Waals surface area contributed by atoms with E-state index < -0.39 is 55.1 Å². The summed E-state index contributed by atoms with van der Waals surface area (Å²) in [6.07, 6.45) is 0.187. The van der Waals surface area contributed by atoms with Crippen molar-refractivity contribution in [2.24, 2.45) is 11.7 Å². The van der Waals surface area contributed by atoms with Gasteiger partial charge in [-0.05, 0) is 12.8 Å². The summed E-state index contributed by atoms with van der Waals surface area (Å²) in [5, 5.41) is 25.0. The average molecular weight is 345 g/mol. The van der Waals surface area contributed by atoms with E-state index in [1.54, 1.807) is 13.8 Å². The zero-order chi connectivity index (χ0) is 18.9. The molecule has 0 fully saturated rings. The van der Waals surface area contributed by atoms with Crippen LogP contribution in [-0.4, -0.2) is 71.6 Å². The summed E-state index contributed by atoms with van der Waals surface area (Å²) in [5.74, 6) is -2.30. The SMILES string of the molecule is CC(C)[C@H](N)C(=O)N[C@H](C(=O)NCC(=O)N[C@H]([C]=O)CO)[C@H](C)O. The lowest BCUT2D eigenvalue weighted by Crippen LogP contribution is -2.57. The van der Waals surface area contributed by atoms with Crippen molar-refractivity contribution >= 4 is 24.0 Å². The molecule has 0 spiro atoms. The molecule has 4 atom stereocenters. The van der Waals surface area contributed by atoms with Crippen LogP contribution in [0.1, 0.15) is 20.8 Å². The van der Waals surface area contributed by atoms with Gasteiger partial charge in [0.15, 0.2) is 0 Å². The van der Waals surface area contributed by atoms with E-state index in [0.717, 1.165) is 0 Å². The van der Waals surface area contributed by atoms with E-state index in [9.17, 15) is 24.3 Å². The molecule has 0 aromatic carbocycles. The van der Waals surface area contributed by atoms with E-state index in [1.165, 1.54) is 13.2 Å². The molecule has 0 aromatic rings. The van der Waals surface area contributed by atoms with Crippen molar-refractivity contribution < 1.29 is 29.4 Å². The molecule has 0 saturated carbocycles. The molecule has 10 nitrogen and oxygen atoms in total. The Morgan fingerprint density at radius 2 is 1.71 bits per heavy atom. The Hall–Kier alpha value is -2.04. The Morgan fingerprint density at radius 1 is 1.12 bits per heavy atom. The largest absolute Gasteiger partial charge is 0.394 e. The molecule has 0 saturated heterocycles. The Labute approximate surface area is 140 Å². The van der Waals surface area contributed by atoms with Crippen LogP contribution in [0.25, 0.3) is 0 Å². The lowest BCUT2D eigenvalue weighted by molar-refractivity contribution is -0.133. The number of rotatable bonds is 10. The molecule has 3 amide bonds. The van der Waals surface area contributed by atoms with Crippen LogP contribution in [0.4, 0.5) is 0 Å². The van der Waals surface area contributed by atoms with Crippen LogP contribution in [-0.2, 0) is 19.2 Å². The first-order chi connectivity index (χ1) is 11.1. The normalized spacial score (nSPS) is 15.8. The average Bonchev–Trinajstić information content (AvgIpc) is 2.53. The number of amides is 3. The highest BCUT2D eigenvalue weighted by Gasteiger charge is 2.28. The number of nitrogens with two attached hydrogens (primary N) is 1. The maximum atomic E-state index is 12.0. The van der Waals surface area contributed by atoms with Gasteiger partial charge in [-0.15, -0.1) is 0 Å². The van der Waals surface area contributed by atoms with Crippen LogP contribution >= 0.6 is 0 Å². The Kier molecular flexibility index (Phi) is 9.77. The molecule has 7 N–H and O–H groups in total. The summed E-state index contributed by atoms with van der Waals surface area (Å²) >= 11 is 0. The molecule has 0 rings (SSSR count). The third-order valence-electron chi connectivity index (χ3n) is 3.17. The molecule has 0 aliphatic heterocycles. The first-order valence-electron chi connectivity index (χ1n) is 7.43. The van der Waals surface area contributed by atoms with Gasteiger partial charge in [0.2, 0.25) is 24.0 Å². The number of hydrogen-bond donors (Lipinski definition) is 6. The third kappa shape index (κ3) is 7.49. The quantitative estimate of drug-likeness (QED) is 0.239. The molecule has 0 unspecified atom stereocenters. The molecule has 0 heterocycles. The van der Waals surface area contributed by atoms with E-state index in [4.69, 9.17) is 10.8 Å². The lowest BCUT2D eigenvalue weighted by atomic mass is 10.0. The van der Waals surface area contributed by atoms with E-state index in [0.29, 0.717) is 0 Å². The van der Waals surface area contributed by atoms with Crippen molar-refractivity contribution in [3.63, 3.8) is 0 Å². The maximum Gasteiger partial charge on any atom is 0.245 e. The van der Waals surface area contributed by atoms with Gasteiger partial charge in [0.1, 0.15) is 12.1 Å². The van der Waals surface area contributed by atoms with Crippen molar-refractivity contribution in [1.29, 1.82) is 0 Å². The van der Waals surface area contributed by atoms with E-state index in [-0.39, 0.29) is 5.92 Å². The monoisotopic (exact) mass is 345 g/mol. The minimum Gasteiger partial charge on any atom is -0.394 e. The standard InChI is InChI=1S/C14H25N4O6/c1-7(2)11(15)13(23)18-12(8(3)21)14(24)16-4-10(22)17-9(5-19)6-20/h7-9,11-12,19,21H,4-5,15H2,1-3H3,(H,16,24)(H,17,22)(H,18,23)/t8-,9-,11-,12-/m0/s1. The predicted molar refractivity (Wildman–Crippen MR) is 84.1 cm³/mol. The van der Waals surface area contributed by atoms with Crippen molar-refractivity contribution in [3.05, 3.63) is 0 Å². The van der Waals surface area contributed by atoms with Gasteiger partial charge in [-0.2, -0.15) is 0 Å². The van der Waals surface area contributed by atoms with Gasteiger partial charge >= 0.3 is 0 Å². The topological polar surface area (TPSA) is 171 Å². The first-order valence-corrected chi connectivity index (χ1v) is 7.43. The summed E-state index contributed by atoms with van der Waals surface area (Å²) in [6.45, 7) is 3.63. The lowest BCUT2D eigenvalue weighted by Gasteiger charge is -2.23. The molecular formula is C14H25N4O6. The smallest absolute Gasteiger partial charge is 0.245 e. The van der Waals surface area contributed by atoms with Crippen molar-refractivity contribution in [2.45, 2.75) is 45.0 Å². The van der Waals surface area contributed by atoms with Crippen LogP contribution in [0.3, 0.4) is 0 Å². The van der Waals surface area contributed by atoms with E-state index in [2.05, 4.69) is 16.0 Å². The minimum absolute atomic E-state index is 0.163. The first kappa shape index (κ1) is 22.0. The van der Waals surface area contributed by atoms with Crippen LogP contribution in [0, 0.1) is 5.92 Å². The van der Waals surface area contributed by atoms with Gasteiger partial charge in [-0.1, -0.05) is 13.8 Å². The van der Waals surface area contributed by atoms with Gasteiger partial charge in [0.25, 0.3) is 0 Å². The summed E-state index contributed by atoms with van der Waals surface area (Å²) < 4.78 is 0. The highest BCUT2D eigenvalue weighted by molar-refractivity contribution is 5.92. The van der Waals surface area contributed by atoms with Gasteiger partial charge in [-0.3, -0.25) is 19.2 Å². The van der Waals surface area contributed by atoms with Crippen LogP contribution in [0.2, 0.25) is 0 Å². The van der Waals surface area contributed by atoms with Gasteiger partial charge in [-0.25, -0.2) is 0 Å². The summed E-state index contributed by atoms with van der Waals surface area (Å²) in [7, 11) is 0. The second-order valence-electron chi connectivity index (χ2n) is 5.63. The van der Waals surface area contributed by atoms with Crippen molar-refractivity contribution in [3.8, 4) is 0 Å². The Bertz CT molecular complexity index is 455. The fourth-order valence-electron chi connectivity index (χ4n) is 1.59. The second kappa shape index (κ2) is 10.7. The summed E-state index contributed by atoms with van der Waals surface area (Å²) in [5.41, 5.74) is 5.67. The number of hydrogen-bond acceptors (Lipinski definition) is 7. The fourth-order valence-corrected chi connectivity index (χ4v) is 1.59. The van der Waals surface area contributed by atoms with E-state index in [1.807, 2.05) is 0 Å². The van der Waals surface area contributed by atoms with Crippen LogP contribution < -0.4 is 21.7 Å². The zero-order valence-electron chi connectivity index (χ0n) is 13.9. The van der Waals surface area contributed by atoms with Gasteiger partial charge < -0.3 is 31.9 Å². The zero-order valence-corrected chi connectivity index (χ0v) is 13.9. The Balaban J connectivity index is 4.63. The predicted octanol–water partition coefficient (Wildman–Crippen LogP) is -3.46. The number of carbonyl (C=O) groups excluding carboxylic acids is 4. The summed E-state index contributed by atoms with van der Waals surface area (Å²) in [6, 6.07) is -3.33. The number of carbonyl (C=O) groups is 3. The number of nitrogens with one attached hydrogen (secondary N) is 3. The maximum absolute atomic E-state index is 12.0. The van der Waals surface area contributed by atoms with Crippen molar-refractivity contribution in [2.75, 3.05) is 13.2 Å². The molecular weight excluding hydrogens is 320 g/mol. The number of aliphatic hydroxyl groups excluding tert-OH is 2. The fraction of sp³-hybridized carbons (Fsp3) is 0.714.